The molecule has 0 fully saturated rings. The van der Waals surface area contributed by atoms with Gasteiger partial charge in [-0.2, -0.15) is 0 Å². The van der Waals surface area contributed by atoms with E-state index in [0.29, 0.717) is 22.6 Å². The van der Waals surface area contributed by atoms with Crippen LogP contribution in [0.4, 0.5) is 4.39 Å². The van der Waals surface area contributed by atoms with Crippen molar-refractivity contribution in [3.63, 3.8) is 0 Å². The van der Waals surface area contributed by atoms with Gasteiger partial charge in [-0.15, -0.1) is 0 Å². The van der Waals surface area contributed by atoms with Gasteiger partial charge in [0.25, 0.3) is 0 Å². The number of carbonyl (C=O) groups is 2. The van der Waals surface area contributed by atoms with Crippen LogP contribution in [0.5, 0.6) is 11.5 Å². The first kappa shape index (κ1) is 28.5. The van der Waals surface area contributed by atoms with Crippen LogP contribution in [0.1, 0.15) is 33.4 Å². The molecule has 4 aromatic carbocycles. The first-order valence-corrected chi connectivity index (χ1v) is 12.7. The number of esters is 2. The molecule has 4 rings (SSSR count). The van der Waals surface area contributed by atoms with E-state index in [0.717, 1.165) is 34.4 Å². The van der Waals surface area contributed by atoms with Gasteiger partial charge in [-0.25, -0.2) is 14.0 Å². The minimum absolute atomic E-state index is 0.368. The Balaban J connectivity index is 1.39. The zero-order chi connectivity index (χ0) is 29.0. The quantitative estimate of drug-likeness (QED) is 0.0872. The second kappa shape index (κ2) is 14.0. The van der Waals surface area contributed by atoms with E-state index in [2.05, 4.69) is 13.2 Å². The minimum atomic E-state index is -0.560. The summed E-state index contributed by atoms with van der Waals surface area (Å²) in [7, 11) is 0. The Kier molecular flexibility index (Phi) is 9.73. The Morgan fingerprint density at radius 3 is 1.78 bits per heavy atom. The zero-order valence-corrected chi connectivity index (χ0v) is 22.2. The van der Waals surface area contributed by atoms with Gasteiger partial charge in [-0.05, 0) is 46.5 Å². The predicted octanol–water partition coefficient (Wildman–Crippen LogP) is 8.52. The largest absolute Gasteiger partial charge is 0.423 e. The summed E-state index contributed by atoms with van der Waals surface area (Å²) in [6.07, 6.45) is 13.2. The normalized spacial score (nSPS) is 11.1. The average Bonchev–Trinajstić information content (AvgIpc) is 2.99. The number of ether oxygens (including phenoxy) is 2. The van der Waals surface area contributed by atoms with E-state index in [9.17, 15) is 14.0 Å². The highest BCUT2D eigenvalue weighted by molar-refractivity contribution is 5.85. The molecule has 41 heavy (non-hydrogen) atoms. The smallest absolute Gasteiger partial charge is 0.335 e. The van der Waals surface area contributed by atoms with Crippen LogP contribution < -0.4 is 9.47 Å². The summed E-state index contributed by atoms with van der Waals surface area (Å²) in [5, 5.41) is 0. The molecule has 0 amide bonds. The maximum absolute atomic E-state index is 14.8. The van der Waals surface area contributed by atoms with E-state index < -0.39 is 11.9 Å². The monoisotopic (exact) mass is 542 g/mol. The van der Waals surface area contributed by atoms with Crippen molar-refractivity contribution in [2.45, 2.75) is 0 Å². The lowest BCUT2D eigenvalue weighted by Crippen LogP contribution is -2.03. The van der Waals surface area contributed by atoms with Crippen LogP contribution in [0, 0.1) is 5.82 Å². The number of carbonyl (C=O) groups excluding carboxylic acids is 2. The molecule has 4 aromatic rings. The first-order valence-electron chi connectivity index (χ1n) is 12.7. The van der Waals surface area contributed by atoms with Crippen molar-refractivity contribution >= 4 is 48.4 Å². The van der Waals surface area contributed by atoms with Crippen molar-refractivity contribution < 1.29 is 23.5 Å². The van der Waals surface area contributed by atoms with Crippen LogP contribution in [0.25, 0.3) is 36.5 Å². The molecule has 0 heterocycles. The van der Waals surface area contributed by atoms with Gasteiger partial charge in [0, 0.05) is 23.3 Å². The summed E-state index contributed by atoms with van der Waals surface area (Å²) in [5.41, 5.74) is 4.64. The molecule has 0 spiro atoms. The molecule has 0 aromatic heterocycles. The third kappa shape index (κ3) is 8.47. The number of rotatable bonds is 10. The van der Waals surface area contributed by atoms with E-state index in [-0.39, 0.29) is 5.82 Å². The molecule has 0 saturated heterocycles. The predicted molar refractivity (Wildman–Crippen MR) is 164 cm³/mol. The Morgan fingerprint density at radius 1 is 0.561 bits per heavy atom. The topological polar surface area (TPSA) is 52.6 Å². The summed E-state index contributed by atoms with van der Waals surface area (Å²) in [4.78, 5) is 23.0. The maximum Gasteiger partial charge on any atom is 0.335 e. The van der Waals surface area contributed by atoms with Crippen LogP contribution in [0.15, 0.2) is 116 Å². The molecule has 0 unspecified atom stereocenters. The van der Waals surface area contributed by atoms with Crippen molar-refractivity contribution in [1.29, 1.82) is 0 Å². The highest BCUT2D eigenvalue weighted by Crippen LogP contribution is 2.23. The summed E-state index contributed by atoms with van der Waals surface area (Å²) in [5.74, 6) is -0.606. The van der Waals surface area contributed by atoms with Gasteiger partial charge in [0.05, 0.1) is 0 Å². The fourth-order valence-corrected chi connectivity index (χ4v) is 3.77. The fraction of sp³-hybridized carbons (Fsp3) is 0. The molecule has 0 aliphatic carbocycles. The third-order valence-electron chi connectivity index (χ3n) is 5.88. The van der Waals surface area contributed by atoms with Gasteiger partial charge >= 0.3 is 11.9 Å². The highest BCUT2D eigenvalue weighted by Gasteiger charge is 2.05. The Hall–Kier alpha value is -5.55. The molecule has 0 bridgehead atoms. The Bertz CT molecular complexity index is 1660. The standard InChI is InChI=1S/C36H27FO4/c1-3-35(38)40-32-10-7-8-28(24-32)18-16-26-12-14-27(15-13-26)17-19-29-20-21-30(33(37)25-29)22-23-31-9-5-6-11-34(31)41-36(39)4-2/h3-25H,1-2H2/b18-16+,19-17+,23-22+. The molecule has 0 saturated carbocycles. The van der Waals surface area contributed by atoms with Crippen LogP contribution >= 0.6 is 0 Å². The summed E-state index contributed by atoms with van der Waals surface area (Å²) < 4.78 is 25.2. The molecule has 4 nitrogen and oxygen atoms in total. The lowest BCUT2D eigenvalue weighted by molar-refractivity contribution is -0.129. The van der Waals surface area contributed by atoms with Crippen LogP contribution in [0.3, 0.4) is 0 Å². The van der Waals surface area contributed by atoms with Gasteiger partial charge in [0.1, 0.15) is 17.3 Å². The van der Waals surface area contributed by atoms with Crippen LogP contribution in [0.2, 0.25) is 0 Å². The molecule has 0 aliphatic rings. The van der Waals surface area contributed by atoms with Crippen molar-refractivity contribution in [3.8, 4) is 11.5 Å². The second-order valence-electron chi connectivity index (χ2n) is 8.81. The van der Waals surface area contributed by atoms with Gasteiger partial charge in [0.2, 0.25) is 0 Å². The van der Waals surface area contributed by atoms with Crippen molar-refractivity contribution in [2.24, 2.45) is 0 Å². The molecule has 0 aliphatic heterocycles. The number of hydrogen-bond acceptors (Lipinski definition) is 4. The Labute approximate surface area is 238 Å². The van der Waals surface area contributed by atoms with E-state index in [1.54, 1.807) is 48.6 Å². The van der Waals surface area contributed by atoms with Crippen molar-refractivity contribution in [3.05, 3.63) is 156 Å². The number of halogens is 1. The van der Waals surface area contributed by atoms with E-state index in [1.165, 1.54) is 6.07 Å². The molecule has 0 atom stereocenters. The SMILES string of the molecule is C=CC(=O)Oc1cccc(/C=C/c2ccc(/C=C/c3ccc(/C=C/c4ccccc4OC(=O)C=C)c(F)c3)cc2)c1. The van der Waals surface area contributed by atoms with E-state index in [1.807, 2.05) is 72.8 Å². The average molecular weight is 543 g/mol. The molecule has 5 heteroatoms. The van der Waals surface area contributed by atoms with Crippen LogP contribution in [-0.4, -0.2) is 11.9 Å². The second-order valence-corrected chi connectivity index (χ2v) is 8.81. The zero-order valence-electron chi connectivity index (χ0n) is 22.2. The molecular weight excluding hydrogens is 515 g/mol. The minimum Gasteiger partial charge on any atom is -0.423 e. The molecular formula is C36H27FO4. The summed E-state index contributed by atoms with van der Waals surface area (Å²) in [6.45, 7) is 6.80. The van der Waals surface area contributed by atoms with Gasteiger partial charge in [-0.3, -0.25) is 0 Å². The maximum atomic E-state index is 14.8. The van der Waals surface area contributed by atoms with Crippen molar-refractivity contribution in [1.82, 2.24) is 0 Å². The number of para-hydroxylation sites is 1. The van der Waals surface area contributed by atoms with Gasteiger partial charge in [0.15, 0.2) is 0 Å². The van der Waals surface area contributed by atoms with E-state index in [4.69, 9.17) is 9.47 Å². The Morgan fingerprint density at radius 2 is 1.12 bits per heavy atom. The van der Waals surface area contributed by atoms with Gasteiger partial charge < -0.3 is 9.47 Å². The van der Waals surface area contributed by atoms with Crippen molar-refractivity contribution in [2.75, 3.05) is 0 Å². The van der Waals surface area contributed by atoms with Crippen LogP contribution in [-0.2, 0) is 9.59 Å². The first-order chi connectivity index (χ1) is 19.9. The van der Waals surface area contributed by atoms with Gasteiger partial charge in [-0.1, -0.05) is 116 Å². The summed E-state index contributed by atoms with van der Waals surface area (Å²) in [6, 6.07) is 27.1. The highest BCUT2D eigenvalue weighted by atomic mass is 19.1. The number of hydrogen-bond donors (Lipinski definition) is 0. The number of benzene rings is 4. The summed E-state index contributed by atoms with van der Waals surface area (Å²) >= 11 is 0. The molecule has 202 valence electrons. The lowest BCUT2D eigenvalue weighted by Gasteiger charge is -2.05. The van der Waals surface area contributed by atoms with E-state index >= 15 is 0 Å². The lowest BCUT2D eigenvalue weighted by atomic mass is 10.1. The molecule has 0 N–H and O–H groups in total. The molecule has 0 radical (unpaired) electrons. The fourth-order valence-electron chi connectivity index (χ4n) is 3.77. The third-order valence-corrected chi connectivity index (χ3v) is 5.88.